The largest absolute Gasteiger partial charge is 0.353 e. The Bertz CT molecular complexity index is 276. The van der Waals surface area contributed by atoms with Gasteiger partial charge in [-0.3, -0.25) is 9.00 Å². The number of hydrogen-bond donors (Lipinski definition) is 2. The van der Waals surface area contributed by atoms with E-state index in [1.54, 1.807) is 0 Å². The zero-order valence-electron chi connectivity index (χ0n) is 11.3. The standard InChI is InChI=1S/C13H26N2O2S/c1-2-11(14)9-18(17)10-13(16)15-12-7-5-3-4-6-8-12/h11-12H,2-10,14H2,1H3,(H,15,16). The van der Waals surface area contributed by atoms with Crippen molar-refractivity contribution in [2.75, 3.05) is 11.5 Å². The quantitative estimate of drug-likeness (QED) is 0.717. The lowest BCUT2D eigenvalue weighted by Crippen LogP contribution is -2.38. The monoisotopic (exact) mass is 274 g/mol. The van der Waals surface area contributed by atoms with Gasteiger partial charge in [0.2, 0.25) is 5.91 Å². The summed E-state index contributed by atoms with van der Waals surface area (Å²) >= 11 is 0. The average molecular weight is 274 g/mol. The molecule has 1 fully saturated rings. The van der Waals surface area contributed by atoms with Crippen molar-refractivity contribution in [1.29, 1.82) is 0 Å². The lowest BCUT2D eigenvalue weighted by molar-refractivity contribution is -0.119. The first-order valence-corrected chi connectivity index (χ1v) is 8.50. The summed E-state index contributed by atoms with van der Waals surface area (Å²) in [7, 11) is -1.13. The molecule has 106 valence electrons. The molecule has 0 aliphatic heterocycles. The summed E-state index contributed by atoms with van der Waals surface area (Å²) in [5.74, 6) is 0.447. The smallest absolute Gasteiger partial charge is 0.232 e. The van der Waals surface area contributed by atoms with Gasteiger partial charge in [0.15, 0.2) is 0 Å². The Hall–Kier alpha value is -0.420. The summed E-state index contributed by atoms with van der Waals surface area (Å²) in [6.45, 7) is 1.97. The minimum Gasteiger partial charge on any atom is -0.353 e. The van der Waals surface area contributed by atoms with Gasteiger partial charge < -0.3 is 11.1 Å². The summed E-state index contributed by atoms with van der Waals surface area (Å²) in [6.07, 6.45) is 7.84. The molecule has 0 bridgehead atoms. The van der Waals surface area contributed by atoms with E-state index in [2.05, 4.69) is 5.32 Å². The van der Waals surface area contributed by atoms with Crippen molar-refractivity contribution >= 4 is 16.7 Å². The molecule has 2 unspecified atom stereocenters. The van der Waals surface area contributed by atoms with Gasteiger partial charge in [-0.05, 0) is 19.3 Å². The molecule has 5 heteroatoms. The molecule has 0 aromatic heterocycles. The third-order valence-electron chi connectivity index (χ3n) is 3.44. The Morgan fingerprint density at radius 2 is 1.94 bits per heavy atom. The van der Waals surface area contributed by atoms with E-state index < -0.39 is 10.8 Å². The minimum absolute atomic E-state index is 0.0588. The Morgan fingerprint density at radius 3 is 2.50 bits per heavy atom. The van der Waals surface area contributed by atoms with Crippen molar-refractivity contribution in [2.24, 2.45) is 5.73 Å². The van der Waals surface area contributed by atoms with Crippen LogP contribution in [0.3, 0.4) is 0 Å². The zero-order chi connectivity index (χ0) is 13.4. The number of nitrogens with two attached hydrogens (primary N) is 1. The molecule has 0 spiro atoms. The van der Waals surface area contributed by atoms with Crippen LogP contribution < -0.4 is 11.1 Å². The maximum Gasteiger partial charge on any atom is 0.232 e. The van der Waals surface area contributed by atoms with E-state index in [1.807, 2.05) is 6.92 Å². The number of rotatable bonds is 6. The van der Waals surface area contributed by atoms with Gasteiger partial charge in [0.1, 0.15) is 5.75 Å². The van der Waals surface area contributed by atoms with Crippen LogP contribution in [-0.2, 0) is 15.6 Å². The molecule has 1 rings (SSSR count). The molecule has 3 N–H and O–H groups in total. The van der Waals surface area contributed by atoms with Crippen molar-refractivity contribution in [1.82, 2.24) is 5.32 Å². The summed E-state index contributed by atoms with van der Waals surface area (Å²) in [5.41, 5.74) is 5.73. The van der Waals surface area contributed by atoms with E-state index in [1.165, 1.54) is 25.7 Å². The van der Waals surface area contributed by atoms with Crippen molar-refractivity contribution < 1.29 is 9.00 Å². The number of carbonyl (C=O) groups excluding carboxylic acids is 1. The molecule has 4 nitrogen and oxygen atoms in total. The molecule has 0 saturated heterocycles. The van der Waals surface area contributed by atoms with Crippen LogP contribution in [0.15, 0.2) is 0 Å². The number of carbonyl (C=O) groups is 1. The minimum atomic E-state index is -1.13. The van der Waals surface area contributed by atoms with E-state index in [4.69, 9.17) is 5.73 Å². The van der Waals surface area contributed by atoms with Crippen LogP contribution in [0.25, 0.3) is 0 Å². The van der Waals surface area contributed by atoms with Crippen LogP contribution in [0.5, 0.6) is 0 Å². The lowest BCUT2D eigenvalue weighted by atomic mass is 10.1. The van der Waals surface area contributed by atoms with Crippen molar-refractivity contribution in [3.05, 3.63) is 0 Å². The van der Waals surface area contributed by atoms with Crippen molar-refractivity contribution in [2.45, 2.75) is 64.0 Å². The Labute approximate surface area is 113 Å². The molecule has 2 atom stereocenters. The van der Waals surface area contributed by atoms with Gasteiger partial charge in [0, 0.05) is 28.6 Å². The maximum absolute atomic E-state index is 11.8. The SMILES string of the molecule is CCC(N)CS(=O)CC(=O)NC1CCCCCC1. The second-order valence-corrected chi connectivity index (χ2v) is 6.68. The molecule has 0 aromatic rings. The van der Waals surface area contributed by atoms with E-state index in [0.29, 0.717) is 5.75 Å². The lowest BCUT2D eigenvalue weighted by Gasteiger charge is -2.16. The first-order valence-electron chi connectivity index (χ1n) is 7.01. The molecule has 0 radical (unpaired) electrons. The molecule has 1 amide bonds. The number of amides is 1. The predicted octanol–water partition coefficient (Wildman–Crippen LogP) is 1.31. The van der Waals surface area contributed by atoms with Gasteiger partial charge in [-0.2, -0.15) is 0 Å². The highest BCUT2D eigenvalue weighted by Gasteiger charge is 2.16. The van der Waals surface area contributed by atoms with Crippen LogP contribution in [0.2, 0.25) is 0 Å². The van der Waals surface area contributed by atoms with Crippen LogP contribution >= 0.6 is 0 Å². The Kier molecular flexibility index (Phi) is 7.51. The van der Waals surface area contributed by atoms with E-state index >= 15 is 0 Å². The molecule has 1 aliphatic carbocycles. The molecule has 0 aromatic carbocycles. The average Bonchev–Trinajstić information content (AvgIpc) is 2.57. The van der Waals surface area contributed by atoms with Crippen LogP contribution in [0, 0.1) is 0 Å². The van der Waals surface area contributed by atoms with E-state index in [-0.39, 0.29) is 23.7 Å². The molecular formula is C13H26N2O2S. The highest BCUT2D eigenvalue weighted by molar-refractivity contribution is 7.85. The van der Waals surface area contributed by atoms with Gasteiger partial charge in [-0.15, -0.1) is 0 Å². The molecule has 1 aliphatic rings. The number of hydrogen-bond acceptors (Lipinski definition) is 3. The second kappa shape index (κ2) is 8.64. The Balaban J connectivity index is 2.25. The fourth-order valence-electron chi connectivity index (χ4n) is 2.25. The first kappa shape index (κ1) is 15.6. The first-order chi connectivity index (χ1) is 8.61. The van der Waals surface area contributed by atoms with Gasteiger partial charge in [0.05, 0.1) is 0 Å². The third kappa shape index (κ3) is 6.50. The van der Waals surface area contributed by atoms with E-state index in [9.17, 15) is 9.00 Å². The maximum atomic E-state index is 11.8. The predicted molar refractivity (Wildman–Crippen MR) is 75.8 cm³/mol. The van der Waals surface area contributed by atoms with Gasteiger partial charge >= 0.3 is 0 Å². The van der Waals surface area contributed by atoms with Gasteiger partial charge in [0.25, 0.3) is 0 Å². The van der Waals surface area contributed by atoms with Crippen molar-refractivity contribution in [3.63, 3.8) is 0 Å². The third-order valence-corrected chi connectivity index (χ3v) is 4.82. The van der Waals surface area contributed by atoms with Crippen LogP contribution in [-0.4, -0.2) is 33.7 Å². The summed E-state index contributed by atoms with van der Waals surface area (Å²) in [6, 6.07) is 0.230. The van der Waals surface area contributed by atoms with Crippen molar-refractivity contribution in [3.8, 4) is 0 Å². The molecule has 1 saturated carbocycles. The topological polar surface area (TPSA) is 72.2 Å². The van der Waals surface area contributed by atoms with Gasteiger partial charge in [-0.1, -0.05) is 32.6 Å². The van der Waals surface area contributed by atoms with Crippen LogP contribution in [0.1, 0.15) is 51.9 Å². The summed E-state index contributed by atoms with van der Waals surface area (Å²) < 4.78 is 11.7. The normalized spacial score (nSPS) is 21.0. The van der Waals surface area contributed by atoms with E-state index in [0.717, 1.165) is 19.3 Å². The molecular weight excluding hydrogens is 248 g/mol. The number of nitrogens with one attached hydrogen (secondary N) is 1. The fourth-order valence-corrected chi connectivity index (χ4v) is 3.46. The fraction of sp³-hybridized carbons (Fsp3) is 0.923. The highest BCUT2D eigenvalue weighted by atomic mass is 32.2. The zero-order valence-corrected chi connectivity index (χ0v) is 12.1. The Morgan fingerprint density at radius 1 is 1.33 bits per heavy atom. The van der Waals surface area contributed by atoms with Gasteiger partial charge in [-0.25, -0.2) is 0 Å². The molecule has 18 heavy (non-hydrogen) atoms. The second-order valence-electron chi connectivity index (χ2n) is 5.18. The summed E-state index contributed by atoms with van der Waals surface area (Å²) in [5, 5.41) is 3.01. The highest BCUT2D eigenvalue weighted by Crippen LogP contribution is 2.17. The van der Waals surface area contributed by atoms with Crippen LogP contribution in [0.4, 0.5) is 0 Å². The summed E-state index contributed by atoms with van der Waals surface area (Å²) in [4.78, 5) is 11.8. The molecule has 0 heterocycles.